The van der Waals surface area contributed by atoms with E-state index in [9.17, 15) is 22.8 Å². The van der Waals surface area contributed by atoms with Gasteiger partial charge in [-0.1, -0.05) is 0 Å². The Morgan fingerprint density at radius 2 is 1.89 bits per heavy atom. The number of hydrogen-bond acceptors (Lipinski definition) is 4. The van der Waals surface area contributed by atoms with Crippen molar-refractivity contribution in [3.8, 4) is 0 Å². The van der Waals surface area contributed by atoms with Crippen LogP contribution in [0.1, 0.15) is 32.2 Å². The van der Waals surface area contributed by atoms with Crippen LogP contribution in [0, 0.1) is 27.7 Å². The fraction of sp³-hybridized carbons (Fsp3) is 0.389. The molecule has 0 aromatic carbocycles. The maximum Gasteiger partial charge on any atom is 0.406 e. The summed E-state index contributed by atoms with van der Waals surface area (Å²) in [4.78, 5) is 31.2. The number of carbonyl (C=O) groups excluding carboxylic acids is 1. The van der Waals surface area contributed by atoms with Crippen LogP contribution in [0.25, 0.3) is 10.2 Å². The summed E-state index contributed by atoms with van der Waals surface area (Å²) in [5, 5.41) is 0.482. The molecule has 0 spiro atoms. The van der Waals surface area contributed by atoms with Gasteiger partial charge in [-0.05, 0) is 39.3 Å². The van der Waals surface area contributed by atoms with Crippen LogP contribution in [0.4, 0.5) is 13.2 Å². The molecule has 9 heteroatoms. The quantitative estimate of drug-likeness (QED) is 0.627. The normalized spacial score (nSPS) is 12.1. The smallest absolute Gasteiger partial charge is 0.339 e. The van der Waals surface area contributed by atoms with Gasteiger partial charge in [-0.3, -0.25) is 14.2 Å². The van der Waals surface area contributed by atoms with Crippen LogP contribution in [0.15, 0.2) is 17.2 Å². The lowest BCUT2D eigenvalue weighted by atomic mass is 10.1. The van der Waals surface area contributed by atoms with Gasteiger partial charge in [-0.25, -0.2) is 4.98 Å². The lowest BCUT2D eigenvalue weighted by molar-refractivity contribution is -0.141. The van der Waals surface area contributed by atoms with Crippen LogP contribution < -0.4 is 5.56 Å². The first-order chi connectivity index (χ1) is 12.5. The zero-order valence-corrected chi connectivity index (χ0v) is 16.1. The van der Waals surface area contributed by atoms with E-state index in [0.717, 1.165) is 15.0 Å². The van der Waals surface area contributed by atoms with Crippen molar-refractivity contribution < 1.29 is 18.0 Å². The van der Waals surface area contributed by atoms with E-state index in [0.29, 0.717) is 15.9 Å². The highest BCUT2D eigenvalue weighted by Gasteiger charge is 2.30. The van der Waals surface area contributed by atoms with Gasteiger partial charge in [0.2, 0.25) is 0 Å². The highest BCUT2D eigenvalue weighted by atomic mass is 32.1. The number of aryl methyl sites for hydroxylation is 3. The van der Waals surface area contributed by atoms with Crippen LogP contribution in [0.2, 0.25) is 0 Å². The number of ketones is 1. The summed E-state index contributed by atoms with van der Waals surface area (Å²) >= 11 is 1.41. The predicted octanol–water partition coefficient (Wildman–Crippen LogP) is 3.94. The molecule has 0 aliphatic carbocycles. The van der Waals surface area contributed by atoms with Crippen molar-refractivity contribution in [2.45, 2.75) is 47.0 Å². The highest BCUT2D eigenvalue weighted by Crippen LogP contribution is 2.26. The summed E-state index contributed by atoms with van der Waals surface area (Å²) in [6.07, 6.45) is -3.07. The molecule has 0 bridgehead atoms. The minimum Gasteiger partial charge on any atom is -0.339 e. The van der Waals surface area contributed by atoms with Gasteiger partial charge >= 0.3 is 6.18 Å². The number of nitrogens with zero attached hydrogens (tertiary/aromatic N) is 3. The number of halogens is 3. The number of thiophene rings is 1. The molecule has 3 aromatic heterocycles. The third-order valence-electron chi connectivity index (χ3n) is 4.68. The molecule has 27 heavy (non-hydrogen) atoms. The second kappa shape index (κ2) is 6.63. The lowest BCUT2D eigenvalue weighted by Gasteiger charge is -2.12. The Hall–Kier alpha value is -2.42. The molecule has 5 nitrogen and oxygen atoms in total. The van der Waals surface area contributed by atoms with E-state index in [1.54, 1.807) is 0 Å². The Balaban J connectivity index is 1.96. The molecular weight excluding hydrogens is 379 g/mol. The van der Waals surface area contributed by atoms with Crippen LogP contribution >= 0.6 is 11.3 Å². The van der Waals surface area contributed by atoms with Gasteiger partial charge in [-0.2, -0.15) is 13.2 Å². The number of carbonyl (C=O) groups is 1. The first kappa shape index (κ1) is 19.3. The minimum absolute atomic E-state index is 0.182. The van der Waals surface area contributed by atoms with E-state index in [1.807, 2.05) is 13.8 Å². The Kier molecular flexibility index (Phi) is 4.75. The van der Waals surface area contributed by atoms with E-state index in [1.165, 1.54) is 42.1 Å². The number of aromatic nitrogens is 3. The molecule has 0 amide bonds. The first-order valence-corrected chi connectivity index (χ1v) is 9.03. The van der Waals surface area contributed by atoms with E-state index in [-0.39, 0.29) is 23.4 Å². The van der Waals surface area contributed by atoms with Gasteiger partial charge in [0.25, 0.3) is 5.56 Å². The molecule has 0 saturated heterocycles. The van der Waals surface area contributed by atoms with Crippen molar-refractivity contribution in [1.82, 2.24) is 14.1 Å². The second-order valence-corrected chi connectivity index (χ2v) is 7.75. The van der Waals surface area contributed by atoms with Gasteiger partial charge < -0.3 is 4.57 Å². The number of fused-ring (bicyclic) bond motifs is 1. The van der Waals surface area contributed by atoms with Crippen LogP contribution in [-0.2, 0) is 13.1 Å². The molecule has 0 fully saturated rings. The van der Waals surface area contributed by atoms with Gasteiger partial charge in [0.05, 0.1) is 18.3 Å². The molecule has 0 aliphatic rings. The minimum atomic E-state index is -4.38. The molecule has 3 heterocycles. The lowest BCUT2D eigenvalue weighted by Crippen LogP contribution is -2.25. The van der Waals surface area contributed by atoms with E-state index in [4.69, 9.17) is 0 Å². The Morgan fingerprint density at radius 3 is 2.52 bits per heavy atom. The topological polar surface area (TPSA) is 56.9 Å². The number of hydrogen-bond donors (Lipinski definition) is 0. The van der Waals surface area contributed by atoms with Crippen LogP contribution in [-0.4, -0.2) is 26.1 Å². The van der Waals surface area contributed by atoms with Crippen molar-refractivity contribution in [2.75, 3.05) is 0 Å². The van der Waals surface area contributed by atoms with E-state index >= 15 is 0 Å². The zero-order chi connectivity index (χ0) is 20.1. The Bertz CT molecular complexity index is 1110. The summed E-state index contributed by atoms with van der Waals surface area (Å²) in [7, 11) is 0. The van der Waals surface area contributed by atoms with Gasteiger partial charge in [0.1, 0.15) is 11.4 Å². The fourth-order valence-electron chi connectivity index (χ4n) is 3.13. The first-order valence-electron chi connectivity index (χ1n) is 8.21. The number of Topliss-reactive ketones (excluding diaryl/α,β-unsaturated/α-hetero) is 1. The van der Waals surface area contributed by atoms with Crippen molar-refractivity contribution in [3.63, 3.8) is 0 Å². The molecule has 0 unspecified atom stereocenters. The zero-order valence-electron chi connectivity index (χ0n) is 15.3. The third-order valence-corrected chi connectivity index (χ3v) is 5.80. The summed E-state index contributed by atoms with van der Waals surface area (Å²) in [5.41, 5.74) is 1.27. The largest absolute Gasteiger partial charge is 0.406 e. The summed E-state index contributed by atoms with van der Waals surface area (Å²) in [6, 6.07) is 1.43. The summed E-state index contributed by atoms with van der Waals surface area (Å²) in [5.74, 6) is -0.427. The van der Waals surface area contributed by atoms with Gasteiger partial charge in [-0.15, -0.1) is 11.3 Å². The maximum atomic E-state index is 12.7. The van der Waals surface area contributed by atoms with E-state index in [2.05, 4.69) is 4.98 Å². The molecule has 3 aromatic rings. The SMILES string of the molecule is Cc1sc2ncn(CC(=O)c3cc(C)n(CC(F)(F)F)c3C)c(=O)c2c1C. The Morgan fingerprint density at radius 1 is 1.22 bits per heavy atom. The number of alkyl halides is 3. The molecule has 0 saturated carbocycles. The third kappa shape index (κ3) is 3.55. The van der Waals surface area contributed by atoms with Crippen molar-refractivity contribution in [2.24, 2.45) is 0 Å². The average molecular weight is 397 g/mol. The molecule has 0 atom stereocenters. The van der Waals surface area contributed by atoms with Crippen molar-refractivity contribution in [1.29, 1.82) is 0 Å². The summed E-state index contributed by atoms with van der Waals surface area (Å²) < 4.78 is 40.5. The van der Waals surface area contributed by atoms with Crippen molar-refractivity contribution in [3.05, 3.63) is 50.1 Å². The fourth-order valence-corrected chi connectivity index (χ4v) is 4.12. The van der Waals surface area contributed by atoms with E-state index < -0.39 is 18.5 Å². The second-order valence-electron chi connectivity index (χ2n) is 6.55. The monoisotopic (exact) mass is 397 g/mol. The predicted molar refractivity (Wildman–Crippen MR) is 97.6 cm³/mol. The highest BCUT2D eigenvalue weighted by molar-refractivity contribution is 7.18. The molecular formula is C18H18F3N3O2S. The molecule has 3 rings (SSSR count). The molecule has 0 radical (unpaired) electrons. The molecule has 144 valence electrons. The maximum absolute atomic E-state index is 12.7. The summed E-state index contributed by atoms with van der Waals surface area (Å²) in [6.45, 7) is 5.29. The number of rotatable bonds is 4. The molecule has 0 aliphatic heterocycles. The average Bonchev–Trinajstić information content (AvgIpc) is 3.00. The van der Waals surface area contributed by atoms with Gasteiger partial charge in [0.15, 0.2) is 5.78 Å². The standard InChI is InChI=1S/C18H18F3N3O2S/c1-9-5-13(11(3)24(9)7-18(19,20)21)14(25)6-23-8-22-16-15(17(23)26)10(2)12(4)27-16/h5,8H,6-7H2,1-4H3. The van der Waals surface area contributed by atoms with Crippen LogP contribution in [0.5, 0.6) is 0 Å². The molecule has 0 N–H and O–H groups in total. The Labute approximate surface area is 157 Å². The van der Waals surface area contributed by atoms with Crippen molar-refractivity contribution >= 4 is 27.3 Å². The van der Waals surface area contributed by atoms with Crippen LogP contribution in [0.3, 0.4) is 0 Å². The van der Waals surface area contributed by atoms with Gasteiger partial charge in [0, 0.05) is 21.8 Å².